The first-order valence-corrected chi connectivity index (χ1v) is 8.84. The minimum absolute atomic E-state index is 0.218. The van der Waals surface area contributed by atoms with Gasteiger partial charge in [-0.3, -0.25) is 4.55 Å². The van der Waals surface area contributed by atoms with E-state index in [0.717, 1.165) is 6.08 Å². The van der Waals surface area contributed by atoms with Crippen LogP contribution in [0.2, 0.25) is 0 Å². The first kappa shape index (κ1) is 21.3. The third-order valence-corrected chi connectivity index (χ3v) is 4.39. The largest absolute Gasteiger partial charge is 0.466 e. The molecular weight excluding hydrogens is 370 g/mol. The standard InChI is InChI=1S/C11H19NO10S2/c1-2-5(14)3-7(12-22-24(18,19)20)23-11-10(17)9(16)8(15)6(4-13)21-11/h2,5-6,8-11,13-17H,1,3-4H2,(H,18,19,20)/t5-,6+,8+,9-,10+,11-/m0/s1. The molecule has 0 radical (unpaired) electrons. The lowest BCUT2D eigenvalue weighted by Crippen LogP contribution is -2.57. The molecule has 1 rings (SSSR count). The van der Waals surface area contributed by atoms with Crippen molar-refractivity contribution in [3.8, 4) is 0 Å². The van der Waals surface area contributed by atoms with Gasteiger partial charge in [0.15, 0.2) is 0 Å². The van der Waals surface area contributed by atoms with Gasteiger partial charge in [-0.25, -0.2) is 4.28 Å². The van der Waals surface area contributed by atoms with Gasteiger partial charge in [0.2, 0.25) is 0 Å². The molecule has 1 heterocycles. The van der Waals surface area contributed by atoms with E-state index in [1.165, 1.54) is 0 Å². The summed E-state index contributed by atoms with van der Waals surface area (Å²) in [5, 5.41) is 50.8. The van der Waals surface area contributed by atoms with Crippen LogP contribution in [0.1, 0.15) is 6.42 Å². The molecule has 0 unspecified atom stereocenters. The molecule has 0 saturated carbocycles. The average Bonchev–Trinajstić information content (AvgIpc) is 2.52. The third kappa shape index (κ3) is 6.27. The van der Waals surface area contributed by atoms with E-state index in [9.17, 15) is 28.8 Å². The minimum Gasteiger partial charge on any atom is -0.394 e. The van der Waals surface area contributed by atoms with Gasteiger partial charge < -0.3 is 30.3 Å². The number of aliphatic hydroxyl groups is 5. The van der Waals surface area contributed by atoms with Gasteiger partial charge in [-0.15, -0.1) is 6.58 Å². The lowest BCUT2D eigenvalue weighted by atomic mass is 10.0. The monoisotopic (exact) mass is 389 g/mol. The van der Waals surface area contributed by atoms with E-state index < -0.39 is 53.0 Å². The maximum absolute atomic E-state index is 10.6. The van der Waals surface area contributed by atoms with Crippen LogP contribution in [-0.2, 0) is 19.4 Å². The van der Waals surface area contributed by atoms with Gasteiger partial charge in [0.25, 0.3) is 0 Å². The van der Waals surface area contributed by atoms with Crippen LogP contribution in [-0.4, -0.2) is 86.1 Å². The quantitative estimate of drug-likeness (QED) is 0.0895. The molecule has 0 aromatic rings. The SMILES string of the molecule is C=C[C@H](O)CC(=NOS(=O)(=O)O)S[C@@H]1O[C@H](CO)[C@@H](O)[C@H](O)[C@H]1O. The number of thioether (sulfide) groups is 1. The smallest absolute Gasteiger partial charge is 0.394 e. The van der Waals surface area contributed by atoms with E-state index in [1.807, 2.05) is 0 Å². The Labute approximate surface area is 142 Å². The Hall–Kier alpha value is -0.770. The second-order valence-corrected chi connectivity index (χ2v) is 6.99. The third-order valence-electron chi connectivity index (χ3n) is 2.99. The zero-order chi connectivity index (χ0) is 18.5. The van der Waals surface area contributed by atoms with E-state index in [1.54, 1.807) is 0 Å². The number of hydrogen-bond acceptors (Lipinski definition) is 11. The summed E-state index contributed by atoms with van der Waals surface area (Å²) < 4.78 is 38.8. The summed E-state index contributed by atoms with van der Waals surface area (Å²) >= 11 is 0.570. The summed E-state index contributed by atoms with van der Waals surface area (Å²) in [5.41, 5.74) is -1.26. The van der Waals surface area contributed by atoms with E-state index in [4.69, 9.17) is 14.4 Å². The number of oxime groups is 1. The number of hydrogen-bond donors (Lipinski definition) is 6. The molecule has 1 fully saturated rings. The van der Waals surface area contributed by atoms with Gasteiger partial charge in [0.05, 0.1) is 12.7 Å². The van der Waals surface area contributed by atoms with Crippen molar-refractivity contribution in [1.82, 2.24) is 0 Å². The van der Waals surface area contributed by atoms with Crippen LogP contribution in [0.4, 0.5) is 0 Å². The van der Waals surface area contributed by atoms with Crippen molar-refractivity contribution < 1.29 is 47.5 Å². The molecular formula is C11H19NO10S2. The molecule has 0 spiro atoms. The van der Waals surface area contributed by atoms with Crippen molar-refractivity contribution in [2.45, 2.75) is 42.4 Å². The maximum atomic E-state index is 10.6. The van der Waals surface area contributed by atoms with Gasteiger partial charge in [-0.05, 0) is 0 Å². The highest BCUT2D eigenvalue weighted by molar-refractivity contribution is 8.14. The summed E-state index contributed by atoms with van der Waals surface area (Å²) in [4.78, 5) is 0. The highest BCUT2D eigenvalue weighted by Gasteiger charge is 2.44. The van der Waals surface area contributed by atoms with Gasteiger partial charge in [0.1, 0.15) is 34.9 Å². The molecule has 6 atom stereocenters. The van der Waals surface area contributed by atoms with Crippen LogP contribution in [0.3, 0.4) is 0 Å². The fraction of sp³-hybridized carbons (Fsp3) is 0.727. The van der Waals surface area contributed by atoms with Crippen LogP contribution < -0.4 is 0 Å². The number of ether oxygens (including phenoxy) is 1. The van der Waals surface area contributed by atoms with Crippen molar-refractivity contribution in [3.05, 3.63) is 12.7 Å². The molecule has 11 nitrogen and oxygen atoms in total. The fourth-order valence-electron chi connectivity index (χ4n) is 1.76. The molecule has 0 bridgehead atoms. The van der Waals surface area contributed by atoms with Gasteiger partial charge in [0, 0.05) is 6.42 Å². The van der Waals surface area contributed by atoms with Crippen LogP contribution >= 0.6 is 11.8 Å². The van der Waals surface area contributed by atoms with E-state index in [0.29, 0.717) is 11.8 Å². The Bertz CT molecular complexity index is 551. The Balaban J connectivity index is 2.92. The predicted octanol–water partition coefficient (Wildman–Crippen LogP) is -2.41. The van der Waals surface area contributed by atoms with Crippen LogP contribution in [0.25, 0.3) is 0 Å². The molecule has 24 heavy (non-hydrogen) atoms. The first-order valence-electron chi connectivity index (χ1n) is 6.59. The van der Waals surface area contributed by atoms with Gasteiger partial charge >= 0.3 is 10.4 Å². The molecule has 1 aliphatic rings. The second kappa shape index (κ2) is 9.07. The second-order valence-electron chi connectivity index (χ2n) is 4.81. The number of aliphatic hydroxyl groups excluding tert-OH is 5. The van der Waals surface area contributed by atoms with Crippen molar-refractivity contribution in [2.75, 3.05) is 6.61 Å². The van der Waals surface area contributed by atoms with Crippen molar-refractivity contribution >= 4 is 27.2 Å². The zero-order valence-electron chi connectivity index (χ0n) is 12.2. The average molecular weight is 389 g/mol. The Morgan fingerprint density at radius 3 is 2.46 bits per heavy atom. The Morgan fingerprint density at radius 2 is 1.96 bits per heavy atom. The van der Waals surface area contributed by atoms with E-state index in [-0.39, 0.29) is 11.5 Å². The van der Waals surface area contributed by atoms with Crippen molar-refractivity contribution in [1.29, 1.82) is 0 Å². The zero-order valence-corrected chi connectivity index (χ0v) is 13.9. The van der Waals surface area contributed by atoms with Gasteiger partial charge in [-0.1, -0.05) is 23.0 Å². The van der Waals surface area contributed by atoms with Gasteiger partial charge in [-0.2, -0.15) is 8.42 Å². The molecule has 6 N–H and O–H groups in total. The highest BCUT2D eigenvalue weighted by Crippen LogP contribution is 2.30. The topological polar surface area (TPSA) is 186 Å². The molecule has 1 saturated heterocycles. The molecule has 1 aliphatic heterocycles. The summed E-state index contributed by atoms with van der Waals surface area (Å²) in [5.74, 6) is 0. The number of nitrogens with zero attached hydrogens (tertiary/aromatic N) is 1. The Morgan fingerprint density at radius 1 is 1.33 bits per heavy atom. The fourth-order valence-corrected chi connectivity index (χ4v) is 3.10. The number of rotatable bonds is 7. The maximum Gasteiger partial charge on any atom is 0.466 e. The predicted molar refractivity (Wildman–Crippen MR) is 82.2 cm³/mol. The molecule has 0 aromatic heterocycles. The summed E-state index contributed by atoms with van der Waals surface area (Å²) in [6, 6.07) is 0. The first-order chi connectivity index (χ1) is 11.1. The summed E-state index contributed by atoms with van der Waals surface area (Å²) in [7, 11) is -4.89. The lowest BCUT2D eigenvalue weighted by Gasteiger charge is -2.39. The molecule has 0 aliphatic carbocycles. The minimum atomic E-state index is -4.89. The van der Waals surface area contributed by atoms with Crippen molar-refractivity contribution in [2.24, 2.45) is 5.16 Å². The molecule has 0 aromatic carbocycles. The lowest BCUT2D eigenvalue weighted by molar-refractivity contribution is -0.205. The summed E-state index contributed by atoms with van der Waals surface area (Å²) in [6.45, 7) is 2.67. The van der Waals surface area contributed by atoms with Crippen LogP contribution in [0.5, 0.6) is 0 Å². The van der Waals surface area contributed by atoms with Crippen LogP contribution in [0, 0.1) is 0 Å². The molecule has 13 heteroatoms. The molecule has 0 amide bonds. The summed E-state index contributed by atoms with van der Waals surface area (Å²) in [6.07, 6.45) is -6.29. The molecule has 140 valence electrons. The normalized spacial score (nSPS) is 33.1. The highest BCUT2D eigenvalue weighted by atomic mass is 32.3. The Kier molecular flexibility index (Phi) is 8.04. The van der Waals surface area contributed by atoms with Crippen molar-refractivity contribution in [3.63, 3.8) is 0 Å². The van der Waals surface area contributed by atoms with E-state index >= 15 is 0 Å². The van der Waals surface area contributed by atoms with E-state index in [2.05, 4.69) is 16.0 Å². The van der Waals surface area contributed by atoms with Crippen LogP contribution in [0.15, 0.2) is 17.8 Å².